The van der Waals surface area contributed by atoms with Crippen LogP contribution in [0, 0.1) is 0 Å². The van der Waals surface area contributed by atoms with Crippen LogP contribution in [0.5, 0.6) is 0 Å². The highest BCUT2D eigenvalue weighted by molar-refractivity contribution is 5.66. The van der Waals surface area contributed by atoms with Gasteiger partial charge in [0, 0.05) is 4.91 Å². The molecule has 11 heteroatoms. The van der Waals surface area contributed by atoms with Gasteiger partial charge in [0.25, 0.3) is 0 Å². The highest BCUT2D eigenvalue weighted by atomic mass is 16.7. The van der Waals surface area contributed by atoms with E-state index in [1.54, 1.807) is 20.8 Å². The Bertz CT molecular complexity index is 394. The van der Waals surface area contributed by atoms with E-state index in [1.807, 2.05) is 5.48 Å². The van der Waals surface area contributed by atoms with Crippen molar-refractivity contribution in [2.45, 2.75) is 50.8 Å². The Morgan fingerprint density at radius 1 is 1.23 bits per heavy atom. The number of azide groups is 1. The van der Waals surface area contributed by atoms with Gasteiger partial charge in [-0.25, -0.2) is 4.79 Å². The topological polar surface area (TPSA) is 177 Å². The maximum absolute atomic E-state index is 11.2. The van der Waals surface area contributed by atoms with E-state index in [1.165, 1.54) is 0 Å². The molecule has 0 spiro atoms. The van der Waals surface area contributed by atoms with Crippen molar-refractivity contribution in [2.24, 2.45) is 5.11 Å². The van der Waals surface area contributed by atoms with Crippen LogP contribution in [0.2, 0.25) is 0 Å². The molecule has 0 fully saturated rings. The van der Waals surface area contributed by atoms with Crippen molar-refractivity contribution in [3.8, 4) is 0 Å². The van der Waals surface area contributed by atoms with Gasteiger partial charge in [0.05, 0.1) is 12.6 Å². The molecule has 4 atom stereocenters. The summed E-state index contributed by atoms with van der Waals surface area (Å²) in [6.45, 7) is 3.90. The molecule has 128 valence electrons. The van der Waals surface area contributed by atoms with Crippen molar-refractivity contribution < 1.29 is 34.8 Å². The SMILES string of the molecule is CC(C)(C)OC(=O)NOC[C@@H](O)[C@@H](O)[C@H](O)[C@H](O)CN=[N+]=[N-]. The second-order valence-corrected chi connectivity index (χ2v) is 5.44. The summed E-state index contributed by atoms with van der Waals surface area (Å²) in [7, 11) is 0. The average molecular weight is 322 g/mol. The van der Waals surface area contributed by atoms with E-state index in [9.17, 15) is 25.2 Å². The Hall–Kier alpha value is -1.62. The van der Waals surface area contributed by atoms with E-state index in [4.69, 9.17) is 10.3 Å². The number of aliphatic hydroxyl groups is 4. The molecule has 0 bridgehead atoms. The lowest BCUT2D eigenvalue weighted by Crippen LogP contribution is -2.48. The lowest BCUT2D eigenvalue weighted by Gasteiger charge is -2.25. The number of hydrogen-bond acceptors (Lipinski definition) is 8. The molecule has 0 aromatic rings. The number of nitrogens with one attached hydrogen (secondary N) is 1. The predicted molar refractivity (Wildman–Crippen MR) is 73.4 cm³/mol. The summed E-state index contributed by atoms with van der Waals surface area (Å²) in [5.74, 6) is 0. The van der Waals surface area contributed by atoms with Gasteiger partial charge < -0.3 is 25.2 Å². The van der Waals surface area contributed by atoms with Crippen LogP contribution in [0.4, 0.5) is 4.79 Å². The van der Waals surface area contributed by atoms with Crippen molar-refractivity contribution >= 4 is 6.09 Å². The van der Waals surface area contributed by atoms with Gasteiger partial charge >= 0.3 is 6.09 Å². The maximum atomic E-state index is 11.2. The number of carbonyl (C=O) groups is 1. The molecule has 22 heavy (non-hydrogen) atoms. The van der Waals surface area contributed by atoms with Gasteiger partial charge in [0.1, 0.15) is 30.5 Å². The third kappa shape index (κ3) is 8.62. The monoisotopic (exact) mass is 322 g/mol. The number of hydroxylamine groups is 1. The zero-order valence-corrected chi connectivity index (χ0v) is 12.6. The minimum atomic E-state index is -1.77. The molecule has 0 aliphatic rings. The van der Waals surface area contributed by atoms with Crippen molar-refractivity contribution in [1.82, 2.24) is 5.48 Å². The standard InChI is InChI=1S/C11H22N4O7/c1-11(2,3)22-10(20)14-21-5-7(17)9(19)8(18)6(16)4-13-15-12/h6-9,16-19H,4-5H2,1-3H3,(H,14,20)/t6-,7-,8-,9-/m1/s1. The van der Waals surface area contributed by atoms with E-state index in [-0.39, 0.29) is 0 Å². The fourth-order valence-corrected chi connectivity index (χ4v) is 1.27. The Labute approximate surface area is 127 Å². The molecule has 1 amide bonds. The predicted octanol–water partition coefficient (Wildman–Crippen LogP) is -0.803. The molecule has 0 aliphatic heterocycles. The van der Waals surface area contributed by atoms with Crippen LogP contribution < -0.4 is 5.48 Å². The van der Waals surface area contributed by atoms with Crippen molar-refractivity contribution in [1.29, 1.82) is 0 Å². The average Bonchev–Trinajstić information content (AvgIpc) is 2.40. The first-order valence-electron chi connectivity index (χ1n) is 6.42. The van der Waals surface area contributed by atoms with Crippen LogP contribution in [0.1, 0.15) is 20.8 Å². The normalized spacial score (nSPS) is 16.9. The number of aliphatic hydroxyl groups excluding tert-OH is 4. The first-order valence-corrected chi connectivity index (χ1v) is 6.42. The van der Waals surface area contributed by atoms with E-state index >= 15 is 0 Å². The third-order valence-electron chi connectivity index (χ3n) is 2.28. The Kier molecular flexibility index (Phi) is 8.72. The van der Waals surface area contributed by atoms with Gasteiger partial charge in [0.2, 0.25) is 0 Å². The second-order valence-electron chi connectivity index (χ2n) is 5.44. The Morgan fingerprint density at radius 2 is 1.77 bits per heavy atom. The molecular formula is C11H22N4O7. The molecule has 0 saturated heterocycles. The summed E-state index contributed by atoms with van der Waals surface area (Å²) in [6.07, 6.45) is -7.59. The summed E-state index contributed by atoms with van der Waals surface area (Å²) >= 11 is 0. The molecule has 0 saturated carbocycles. The van der Waals surface area contributed by atoms with Crippen LogP contribution in [0.3, 0.4) is 0 Å². The van der Waals surface area contributed by atoms with Gasteiger partial charge in [-0.1, -0.05) is 5.11 Å². The highest BCUT2D eigenvalue weighted by Gasteiger charge is 2.30. The van der Waals surface area contributed by atoms with Crippen molar-refractivity contribution in [2.75, 3.05) is 13.2 Å². The maximum Gasteiger partial charge on any atom is 0.431 e. The number of amides is 1. The summed E-state index contributed by atoms with van der Waals surface area (Å²) in [6, 6.07) is 0. The fraction of sp³-hybridized carbons (Fsp3) is 0.909. The van der Waals surface area contributed by atoms with Crippen molar-refractivity contribution in [3.05, 3.63) is 10.4 Å². The first kappa shape index (κ1) is 20.4. The van der Waals surface area contributed by atoms with Gasteiger partial charge in [-0.3, -0.25) is 4.84 Å². The smallest absolute Gasteiger partial charge is 0.431 e. The molecule has 0 rings (SSSR count). The van der Waals surface area contributed by atoms with Gasteiger partial charge in [-0.05, 0) is 26.3 Å². The summed E-state index contributed by atoms with van der Waals surface area (Å²) < 4.78 is 4.85. The van der Waals surface area contributed by atoms with Crippen LogP contribution in [0.25, 0.3) is 10.4 Å². The molecular weight excluding hydrogens is 300 g/mol. The van der Waals surface area contributed by atoms with Crippen LogP contribution >= 0.6 is 0 Å². The third-order valence-corrected chi connectivity index (χ3v) is 2.28. The number of rotatable bonds is 8. The zero-order chi connectivity index (χ0) is 17.3. The molecule has 5 N–H and O–H groups in total. The molecule has 0 aliphatic carbocycles. The second kappa shape index (κ2) is 9.41. The van der Waals surface area contributed by atoms with Crippen molar-refractivity contribution in [3.63, 3.8) is 0 Å². The van der Waals surface area contributed by atoms with Gasteiger partial charge in [-0.2, -0.15) is 5.48 Å². The first-order chi connectivity index (χ1) is 10.1. The Morgan fingerprint density at radius 3 is 2.27 bits per heavy atom. The number of nitrogens with zero attached hydrogens (tertiary/aromatic N) is 3. The number of hydrogen-bond donors (Lipinski definition) is 5. The van der Waals surface area contributed by atoms with Crippen LogP contribution in [-0.2, 0) is 9.57 Å². The molecule has 0 unspecified atom stereocenters. The quantitative estimate of drug-likeness (QED) is 0.168. The summed E-state index contributed by atoms with van der Waals surface area (Å²) in [4.78, 5) is 18.2. The Balaban J connectivity index is 4.17. The molecule has 0 aromatic heterocycles. The van der Waals surface area contributed by atoms with E-state index < -0.39 is 49.3 Å². The molecule has 0 radical (unpaired) electrons. The number of carbonyl (C=O) groups excluding carboxylic acids is 1. The zero-order valence-electron chi connectivity index (χ0n) is 12.6. The highest BCUT2D eigenvalue weighted by Crippen LogP contribution is 2.08. The lowest BCUT2D eigenvalue weighted by atomic mass is 10.0. The summed E-state index contributed by atoms with van der Waals surface area (Å²) in [5, 5.41) is 41.1. The van der Waals surface area contributed by atoms with E-state index in [0.717, 1.165) is 0 Å². The van der Waals surface area contributed by atoms with E-state index in [2.05, 4.69) is 14.9 Å². The molecule has 0 aromatic carbocycles. The minimum absolute atomic E-state index is 0.474. The van der Waals surface area contributed by atoms with Crippen LogP contribution in [0.15, 0.2) is 5.11 Å². The van der Waals surface area contributed by atoms with Crippen LogP contribution in [-0.4, -0.2) is 69.7 Å². The summed E-state index contributed by atoms with van der Waals surface area (Å²) in [5.41, 5.74) is 9.23. The molecule has 0 heterocycles. The minimum Gasteiger partial charge on any atom is -0.442 e. The fourth-order valence-electron chi connectivity index (χ4n) is 1.27. The van der Waals surface area contributed by atoms with Gasteiger partial charge in [-0.15, -0.1) is 0 Å². The van der Waals surface area contributed by atoms with E-state index in [0.29, 0.717) is 0 Å². The van der Waals surface area contributed by atoms with Gasteiger partial charge in [0.15, 0.2) is 0 Å². The largest absolute Gasteiger partial charge is 0.442 e. The lowest BCUT2D eigenvalue weighted by molar-refractivity contribution is -0.128. The number of ether oxygens (including phenoxy) is 1. The molecule has 11 nitrogen and oxygen atoms in total.